The molecule has 2 aliphatic rings. The Balaban J connectivity index is 1.26. The Morgan fingerprint density at radius 3 is 2.69 bits per heavy atom. The van der Waals surface area contributed by atoms with E-state index in [0.29, 0.717) is 38.8 Å². The van der Waals surface area contributed by atoms with E-state index in [9.17, 15) is 4.79 Å². The predicted octanol–water partition coefficient (Wildman–Crippen LogP) is 6.55. The molecule has 2 aliphatic heterocycles. The molecule has 0 radical (unpaired) electrons. The third-order valence-electron chi connectivity index (χ3n) is 5.88. The van der Waals surface area contributed by atoms with Crippen LogP contribution >= 0.6 is 24.0 Å². The molecule has 1 amide bonds. The van der Waals surface area contributed by atoms with Crippen LogP contribution in [-0.2, 0) is 11.4 Å². The number of rotatable bonds is 5. The standard InChI is InChI=1S/C28H19NO4S2/c30-27-26(35-28(34)29(27)21-12-13-24-25(15-21)33-17-32-24)14-19-7-2-4-11-23(19)31-16-20-9-5-8-18-6-1-3-10-22(18)20/h1-15H,16-17H2. The minimum absolute atomic E-state index is 0.173. The second-order valence-corrected chi connectivity index (χ2v) is 9.70. The van der Waals surface area contributed by atoms with Crippen molar-refractivity contribution in [3.63, 3.8) is 0 Å². The summed E-state index contributed by atoms with van der Waals surface area (Å²) < 4.78 is 17.5. The fourth-order valence-corrected chi connectivity index (χ4v) is 5.45. The number of hydrogen-bond acceptors (Lipinski definition) is 6. The monoisotopic (exact) mass is 497 g/mol. The Kier molecular flexibility index (Phi) is 5.64. The molecular formula is C28H19NO4S2. The van der Waals surface area contributed by atoms with Crippen LogP contribution < -0.4 is 19.1 Å². The minimum Gasteiger partial charge on any atom is -0.488 e. The number of benzene rings is 4. The zero-order valence-corrected chi connectivity index (χ0v) is 20.1. The van der Waals surface area contributed by atoms with Crippen molar-refractivity contribution < 1.29 is 19.0 Å². The number of ether oxygens (including phenoxy) is 3. The van der Waals surface area contributed by atoms with Gasteiger partial charge in [-0.05, 0) is 40.6 Å². The Bertz CT molecular complexity index is 1510. The summed E-state index contributed by atoms with van der Waals surface area (Å²) in [4.78, 5) is 15.4. The van der Waals surface area contributed by atoms with Crippen molar-refractivity contribution in [2.75, 3.05) is 11.7 Å². The van der Waals surface area contributed by atoms with Gasteiger partial charge in [-0.2, -0.15) is 0 Å². The number of para-hydroxylation sites is 1. The number of carbonyl (C=O) groups excluding carboxylic acids is 1. The predicted molar refractivity (Wildman–Crippen MR) is 143 cm³/mol. The van der Waals surface area contributed by atoms with E-state index in [2.05, 4.69) is 24.3 Å². The number of amides is 1. The lowest BCUT2D eigenvalue weighted by atomic mass is 10.1. The molecule has 0 atom stereocenters. The Morgan fingerprint density at radius 2 is 1.74 bits per heavy atom. The average Bonchev–Trinajstić information content (AvgIpc) is 3.46. The molecule has 0 aromatic heterocycles. The van der Waals surface area contributed by atoms with Gasteiger partial charge in [-0.1, -0.05) is 84.6 Å². The first-order valence-electron chi connectivity index (χ1n) is 11.0. The van der Waals surface area contributed by atoms with Crippen molar-refractivity contribution in [3.8, 4) is 17.2 Å². The summed E-state index contributed by atoms with van der Waals surface area (Å²) in [6, 6.07) is 27.5. The summed E-state index contributed by atoms with van der Waals surface area (Å²) in [5, 5.41) is 2.34. The summed E-state index contributed by atoms with van der Waals surface area (Å²) in [6.45, 7) is 0.594. The lowest BCUT2D eigenvalue weighted by molar-refractivity contribution is -0.113. The van der Waals surface area contributed by atoms with Gasteiger partial charge in [0.15, 0.2) is 15.8 Å². The minimum atomic E-state index is -0.178. The smallest absolute Gasteiger partial charge is 0.270 e. The summed E-state index contributed by atoms with van der Waals surface area (Å²) in [7, 11) is 0. The molecule has 1 fully saturated rings. The quantitative estimate of drug-likeness (QED) is 0.230. The molecule has 0 aliphatic carbocycles. The molecule has 7 heteroatoms. The number of fused-ring (bicyclic) bond motifs is 2. The van der Waals surface area contributed by atoms with Crippen LogP contribution in [-0.4, -0.2) is 17.0 Å². The maximum atomic E-state index is 13.3. The molecule has 0 spiro atoms. The molecule has 0 bridgehead atoms. The molecule has 4 aromatic carbocycles. The molecule has 0 saturated carbocycles. The maximum Gasteiger partial charge on any atom is 0.270 e. The first kappa shape index (κ1) is 21.7. The van der Waals surface area contributed by atoms with E-state index in [0.717, 1.165) is 16.5 Å². The van der Waals surface area contributed by atoms with Crippen molar-refractivity contribution in [2.24, 2.45) is 0 Å². The summed E-state index contributed by atoms with van der Waals surface area (Å²) in [5.41, 5.74) is 2.58. The molecule has 35 heavy (non-hydrogen) atoms. The topological polar surface area (TPSA) is 48.0 Å². The number of thioether (sulfide) groups is 1. The van der Waals surface area contributed by atoms with Crippen molar-refractivity contribution in [1.82, 2.24) is 0 Å². The summed E-state index contributed by atoms with van der Waals surface area (Å²) in [5.74, 6) is 1.79. The molecule has 2 heterocycles. The van der Waals surface area contributed by atoms with Crippen LogP contribution in [0.25, 0.3) is 16.8 Å². The largest absolute Gasteiger partial charge is 0.488 e. The van der Waals surface area contributed by atoms with Gasteiger partial charge in [0.1, 0.15) is 12.4 Å². The fourth-order valence-electron chi connectivity index (χ4n) is 4.16. The Labute approximate surface area is 211 Å². The van der Waals surface area contributed by atoms with E-state index in [1.54, 1.807) is 12.1 Å². The van der Waals surface area contributed by atoms with Crippen LogP contribution in [0.5, 0.6) is 17.2 Å². The van der Waals surface area contributed by atoms with Gasteiger partial charge in [0.25, 0.3) is 5.91 Å². The number of hydrogen-bond donors (Lipinski definition) is 0. The third-order valence-corrected chi connectivity index (χ3v) is 7.18. The first-order valence-corrected chi connectivity index (χ1v) is 12.3. The Hall–Kier alpha value is -3.81. The van der Waals surface area contributed by atoms with E-state index in [-0.39, 0.29) is 12.7 Å². The van der Waals surface area contributed by atoms with Gasteiger partial charge in [0.05, 0.1) is 10.6 Å². The van der Waals surface area contributed by atoms with Gasteiger partial charge >= 0.3 is 0 Å². The highest BCUT2D eigenvalue weighted by Crippen LogP contribution is 2.41. The highest BCUT2D eigenvalue weighted by Gasteiger charge is 2.34. The second kappa shape index (κ2) is 9.09. The van der Waals surface area contributed by atoms with Crippen LogP contribution in [0.3, 0.4) is 0 Å². The summed E-state index contributed by atoms with van der Waals surface area (Å²) in [6.07, 6.45) is 1.84. The third kappa shape index (κ3) is 4.13. The van der Waals surface area contributed by atoms with Crippen molar-refractivity contribution in [3.05, 3.63) is 101 Å². The molecule has 1 saturated heterocycles. The van der Waals surface area contributed by atoms with Crippen molar-refractivity contribution >= 4 is 56.7 Å². The lowest BCUT2D eigenvalue weighted by Crippen LogP contribution is -2.27. The maximum absolute atomic E-state index is 13.3. The number of nitrogens with zero attached hydrogens (tertiary/aromatic N) is 1. The van der Waals surface area contributed by atoms with E-state index in [4.69, 9.17) is 26.4 Å². The van der Waals surface area contributed by atoms with Gasteiger partial charge < -0.3 is 14.2 Å². The average molecular weight is 498 g/mol. The number of anilines is 1. The van der Waals surface area contributed by atoms with E-state index in [1.165, 1.54) is 22.0 Å². The number of carbonyl (C=O) groups is 1. The SMILES string of the molecule is O=C1C(=Cc2ccccc2OCc2cccc3ccccc23)SC(=S)N1c1ccc2c(c1)OCO2. The lowest BCUT2D eigenvalue weighted by Gasteiger charge is -2.15. The zero-order chi connectivity index (χ0) is 23.8. The highest BCUT2D eigenvalue weighted by atomic mass is 32.2. The van der Waals surface area contributed by atoms with Crippen LogP contribution in [0.15, 0.2) is 89.8 Å². The van der Waals surface area contributed by atoms with Gasteiger partial charge in [-0.15, -0.1) is 0 Å². The molecule has 4 aromatic rings. The zero-order valence-electron chi connectivity index (χ0n) is 18.5. The molecule has 0 N–H and O–H groups in total. The Morgan fingerprint density at radius 1 is 0.943 bits per heavy atom. The molecule has 172 valence electrons. The van der Waals surface area contributed by atoms with Crippen molar-refractivity contribution in [2.45, 2.75) is 6.61 Å². The van der Waals surface area contributed by atoms with E-state index in [1.807, 2.05) is 54.6 Å². The normalized spacial score (nSPS) is 15.9. The highest BCUT2D eigenvalue weighted by molar-refractivity contribution is 8.27. The summed E-state index contributed by atoms with van der Waals surface area (Å²) >= 11 is 6.81. The van der Waals surface area contributed by atoms with Crippen LogP contribution in [0, 0.1) is 0 Å². The van der Waals surface area contributed by atoms with Crippen LogP contribution in [0.1, 0.15) is 11.1 Å². The first-order chi connectivity index (χ1) is 17.2. The number of thiocarbonyl (C=S) groups is 1. The second-order valence-electron chi connectivity index (χ2n) is 8.02. The van der Waals surface area contributed by atoms with Gasteiger partial charge in [0, 0.05) is 11.6 Å². The van der Waals surface area contributed by atoms with E-state index >= 15 is 0 Å². The molecule has 5 nitrogen and oxygen atoms in total. The molecule has 0 unspecified atom stereocenters. The fraction of sp³-hybridized carbons (Fsp3) is 0.0714. The van der Waals surface area contributed by atoms with Crippen LogP contribution in [0.2, 0.25) is 0 Å². The van der Waals surface area contributed by atoms with Gasteiger partial charge in [0.2, 0.25) is 6.79 Å². The molecular weight excluding hydrogens is 478 g/mol. The van der Waals surface area contributed by atoms with Gasteiger partial charge in [-0.3, -0.25) is 9.69 Å². The van der Waals surface area contributed by atoms with Crippen molar-refractivity contribution in [1.29, 1.82) is 0 Å². The van der Waals surface area contributed by atoms with E-state index < -0.39 is 0 Å². The van der Waals surface area contributed by atoms with Crippen LogP contribution in [0.4, 0.5) is 5.69 Å². The van der Waals surface area contributed by atoms with Gasteiger partial charge in [-0.25, -0.2) is 0 Å². The molecule has 6 rings (SSSR count).